The number of hydrogen-bond donors (Lipinski definition) is 1. The molecule has 1 N–H and O–H groups in total. The van der Waals surface area contributed by atoms with Gasteiger partial charge in [-0.05, 0) is 24.6 Å². The minimum Gasteiger partial charge on any atom is -1.00 e. The molecule has 1 aliphatic carbocycles. The molecule has 129 valence electrons. The zero-order valence-electron chi connectivity index (χ0n) is 14.9. The summed E-state index contributed by atoms with van der Waals surface area (Å²) < 4.78 is 1.42. The van der Waals surface area contributed by atoms with Gasteiger partial charge in [-0.2, -0.15) is 6.08 Å². The third-order valence-electron chi connectivity index (χ3n) is 2.51. The summed E-state index contributed by atoms with van der Waals surface area (Å²) in [5.74, 6) is 0.396. The van der Waals surface area contributed by atoms with Crippen molar-refractivity contribution in [3.63, 3.8) is 0 Å². The second-order valence-corrected chi connectivity index (χ2v) is 12.9. The molecule has 0 aromatic heterocycles. The molecule has 1 nitrogen and oxygen atoms in total. The fourth-order valence-electron chi connectivity index (χ4n) is 1.54. The van der Waals surface area contributed by atoms with Crippen molar-refractivity contribution in [3.8, 4) is 5.75 Å². The second kappa shape index (κ2) is 14.2. The predicted octanol–water partition coefficient (Wildman–Crippen LogP) is -1.70. The maximum atomic E-state index is 9.38. The molecule has 0 saturated carbocycles. The van der Waals surface area contributed by atoms with Crippen molar-refractivity contribution >= 4 is 17.1 Å². The van der Waals surface area contributed by atoms with Crippen LogP contribution in [0.4, 0.5) is 0 Å². The van der Waals surface area contributed by atoms with Crippen LogP contribution in [-0.2, 0) is 20.0 Å². The van der Waals surface area contributed by atoms with E-state index in [1.54, 1.807) is 6.07 Å². The smallest absolute Gasteiger partial charge is 0.115 e. The van der Waals surface area contributed by atoms with E-state index in [9.17, 15) is 5.11 Å². The Morgan fingerprint density at radius 3 is 1.91 bits per heavy atom. The summed E-state index contributed by atoms with van der Waals surface area (Å²) >= 11 is 2.08. The molecule has 23 heavy (non-hydrogen) atoms. The number of aryl methyl sites for hydroxylation is 1. The third-order valence-corrected chi connectivity index (χ3v) is 4.53. The second-order valence-electron chi connectivity index (χ2n) is 6.31. The Morgan fingerprint density at radius 1 is 1.13 bits per heavy atom. The molecule has 1 aromatic carbocycles. The topological polar surface area (TPSA) is 20.2 Å². The Balaban J connectivity index is -0.000000305. The summed E-state index contributed by atoms with van der Waals surface area (Å²) in [6.07, 6.45) is 10.0. The van der Waals surface area contributed by atoms with Gasteiger partial charge in [0.1, 0.15) is 5.75 Å². The van der Waals surface area contributed by atoms with Crippen LogP contribution in [0.1, 0.15) is 25.8 Å². The maximum absolute atomic E-state index is 9.38. The molecule has 0 radical (unpaired) electrons. The fourth-order valence-corrected chi connectivity index (χ4v) is 2.78. The number of allylic oxidation sites excluding steroid dienone is 4. The van der Waals surface area contributed by atoms with Crippen LogP contribution in [0.25, 0.3) is 0 Å². The van der Waals surface area contributed by atoms with E-state index >= 15 is 0 Å². The van der Waals surface area contributed by atoms with Gasteiger partial charge in [0, 0.05) is 0 Å². The van der Waals surface area contributed by atoms with Gasteiger partial charge in [-0.25, -0.2) is 12.2 Å². The molecule has 1 aromatic rings. The van der Waals surface area contributed by atoms with Crippen molar-refractivity contribution < 1.29 is 49.9 Å². The van der Waals surface area contributed by atoms with E-state index in [4.69, 9.17) is 0 Å². The summed E-state index contributed by atoms with van der Waals surface area (Å²) in [5, 5.41) is 10.7. The van der Waals surface area contributed by atoms with Crippen LogP contribution in [0.15, 0.2) is 36.4 Å². The first-order valence-corrected chi connectivity index (χ1v) is 11.5. The molecule has 5 heteroatoms. The number of hydrogen-bond acceptors (Lipinski definition) is 1. The van der Waals surface area contributed by atoms with Crippen molar-refractivity contribution in [2.75, 3.05) is 0 Å². The molecule has 0 atom stereocenters. The molecular weight excluding hydrogens is 379 g/mol. The average molecular weight is 406 g/mol. The van der Waals surface area contributed by atoms with Crippen molar-refractivity contribution in [1.82, 2.24) is 0 Å². The Kier molecular flexibility index (Phi) is 17.2. The van der Waals surface area contributed by atoms with E-state index in [0.717, 1.165) is 12.0 Å². The standard InChI is InChI=1S/C10H16OSi.C5H5.C3H6.2ClH.Ti/c1-8-5-9(11)7-10(6-8)12(2,3)4;1-2-4-5-3-1;1-3-2;;;/h5-7,11H,1-4H3;1-3H,4H2;1-2H3;2*1H;/q;-1;;;;+1/p-2. The monoisotopic (exact) mass is 405 g/mol. The first kappa shape index (κ1) is 27.7. The van der Waals surface area contributed by atoms with Crippen LogP contribution in [0.2, 0.25) is 19.6 Å². The van der Waals surface area contributed by atoms with E-state index in [1.807, 2.05) is 25.1 Å². The largest absolute Gasteiger partial charge is 1.00 e. The number of halogens is 2. The molecule has 0 bridgehead atoms. The number of rotatable bonds is 1. The summed E-state index contributed by atoms with van der Waals surface area (Å²) in [4.78, 5) is 0. The van der Waals surface area contributed by atoms with Gasteiger partial charge in [-0.1, -0.05) is 30.9 Å². The van der Waals surface area contributed by atoms with E-state index in [-0.39, 0.29) is 24.8 Å². The Morgan fingerprint density at radius 2 is 1.65 bits per heavy atom. The van der Waals surface area contributed by atoms with Gasteiger partial charge in [-0.3, -0.25) is 6.08 Å². The fraction of sp³-hybridized carbons (Fsp3) is 0.389. The van der Waals surface area contributed by atoms with Crippen LogP contribution >= 0.6 is 0 Å². The predicted molar refractivity (Wildman–Crippen MR) is 93.7 cm³/mol. The van der Waals surface area contributed by atoms with Gasteiger partial charge in [0.15, 0.2) is 0 Å². The molecular formula is C18H27Cl2OSiTi-2. The Bertz CT molecular complexity index is 486. The summed E-state index contributed by atoms with van der Waals surface area (Å²) in [6, 6.07) is 5.86. The SMILES string of the molecule is C[C](C)=[Ti+].Cc1cc(O)cc([Si](C)(C)C)c1.[C-]1=CC=CC1.[Cl-].[Cl-]. The minimum absolute atomic E-state index is 0. The Labute approximate surface area is 167 Å². The van der Waals surface area contributed by atoms with Gasteiger partial charge in [0.05, 0.1) is 8.07 Å². The molecule has 0 unspecified atom stereocenters. The van der Waals surface area contributed by atoms with Gasteiger partial charge >= 0.3 is 37.6 Å². The zero-order valence-corrected chi connectivity index (χ0v) is 18.9. The number of phenols is 1. The van der Waals surface area contributed by atoms with E-state index in [2.05, 4.69) is 71.7 Å². The number of phenolic OH excluding ortho intramolecular Hbond substituents is 1. The quantitative estimate of drug-likeness (QED) is 0.436. The Hall–Kier alpha value is -0.119. The summed E-state index contributed by atoms with van der Waals surface area (Å²) in [7, 11) is -1.26. The van der Waals surface area contributed by atoms with Crippen LogP contribution in [0, 0.1) is 13.0 Å². The van der Waals surface area contributed by atoms with Gasteiger partial charge < -0.3 is 29.9 Å². The van der Waals surface area contributed by atoms with Crippen molar-refractivity contribution in [2.45, 2.75) is 46.8 Å². The molecule has 2 rings (SSSR count). The normalized spacial score (nSPS) is 11.1. The van der Waals surface area contributed by atoms with Crippen LogP contribution in [0.3, 0.4) is 0 Å². The molecule has 0 heterocycles. The van der Waals surface area contributed by atoms with E-state index in [0.29, 0.717) is 5.75 Å². The summed E-state index contributed by atoms with van der Waals surface area (Å²) in [5.41, 5.74) is 1.15. The van der Waals surface area contributed by atoms with Crippen LogP contribution in [-0.4, -0.2) is 17.0 Å². The minimum atomic E-state index is -1.26. The van der Waals surface area contributed by atoms with Crippen molar-refractivity contribution in [3.05, 3.63) is 48.1 Å². The first-order valence-electron chi connectivity index (χ1n) is 7.17. The number of aromatic hydroxyl groups is 1. The van der Waals surface area contributed by atoms with Crippen LogP contribution in [0.5, 0.6) is 5.75 Å². The molecule has 0 aliphatic heterocycles. The maximum Gasteiger partial charge on any atom is 0.115 e. The molecule has 0 spiro atoms. The third kappa shape index (κ3) is 16.5. The first-order chi connectivity index (χ1) is 9.62. The average Bonchev–Trinajstić information content (AvgIpc) is 2.83. The number of benzene rings is 1. The zero-order chi connectivity index (χ0) is 16.5. The van der Waals surface area contributed by atoms with Crippen molar-refractivity contribution in [2.24, 2.45) is 0 Å². The summed E-state index contributed by atoms with van der Waals surface area (Å²) in [6.45, 7) is 13.0. The van der Waals surface area contributed by atoms with Gasteiger partial charge in [0.2, 0.25) is 0 Å². The molecule has 0 fully saturated rings. The van der Waals surface area contributed by atoms with E-state index in [1.165, 1.54) is 9.00 Å². The molecule has 0 amide bonds. The van der Waals surface area contributed by atoms with Gasteiger partial charge in [0.25, 0.3) is 0 Å². The van der Waals surface area contributed by atoms with Gasteiger partial charge in [-0.15, -0.1) is 6.42 Å². The molecule has 1 aliphatic rings. The molecule has 0 saturated heterocycles. The van der Waals surface area contributed by atoms with E-state index < -0.39 is 8.07 Å². The van der Waals surface area contributed by atoms with Crippen molar-refractivity contribution in [1.29, 1.82) is 0 Å². The van der Waals surface area contributed by atoms with Crippen LogP contribution < -0.4 is 30.0 Å².